The van der Waals surface area contributed by atoms with Gasteiger partial charge in [0.2, 0.25) is 0 Å². The minimum atomic E-state index is -1.38. The van der Waals surface area contributed by atoms with Crippen molar-refractivity contribution in [1.82, 2.24) is 0 Å². The Labute approximate surface area is 127 Å². The van der Waals surface area contributed by atoms with Crippen LogP contribution < -0.4 is 0 Å². The van der Waals surface area contributed by atoms with E-state index in [2.05, 4.69) is 31.1 Å². The summed E-state index contributed by atoms with van der Waals surface area (Å²) in [5.41, 5.74) is 6.50. The normalized spacial score (nSPS) is 11.2. The van der Waals surface area contributed by atoms with Crippen molar-refractivity contribution in [3.63, 3.8) is 0 Å². The third kappa shape index (κ3) is 5.05. The van der Waals surface area contributed by atoms with E-state index < -0.39 is 8.07 Å². The summed E-state index contributed by atoms with van der Waals surface area (Å²) in [5, 5.41) is 0. The fraction of sp³-hybridized carbons (Fsp3) is 0.158. The second-order valence-corrected chi connectivity index (χ2v) is 10.7. The molecule has 0 saturated heterocycles. The van der Waals surface area contributed by atoms with Crippen LogP contribution in [0.25, 0.3) is 12.2 Å². The molecule has 0 unspecified atom stereocenters. The molecule has 2 aromatic rings. The molecule has 2 aromatic carbocycles. The maximum absolute atomic E-state index is 12.9. The highest BCUT2D eigenvalue weighted by Gasteiger charge is 2.07. The summed E-state index contributed by atoms with van der Waals surface area (Å²) in [6.07, 6.45) is 4.01. The molecule has 0 aliphatic carbocycles. The number of hydrogen-bond acceptors (Lipinski definition) is 0. The van der Waals surface area contributed by atoms with Crippen molar-refractivity contribution < 1.29 is 4.39 Å². The highest BCUT2D eigenvalue weighted by molar-refractivity contribution is 6.83. The fourth-order valence-corrected chi connectivity index (χ4v) is 2.28. The van der Waals surface area contributed by atoms with E-state index in [4.69, 9.17) is 0 Å². The summed E-state index contributed by atoms with van der Waals surface area (Å²) < 4.78 is 12.9. The van der Waals surface area contributed by atoms with Gasteiger partial charge in [0.1, 0.15) is 13.9 Å². The molecule has 0 bridgehead atoms. The van der Waals surface area contributed by atoms with Gasteiger partial charge in [-0.15, -0.1) is 5.54 Å². The van der Waals surface area contributed by atoms with Crippen LogP contribution in [0.3, 0.4) is 0 Å². The van der Waals surface area contributed by atoms with E-state index in [9.17, 15) is 4.39 Å². The molecular formula is C19H19FSi. The smallest absolute Gasteiger partial charge is 0.129 e. The van der Waals surface area contributed by atoms with Crippen molar-refractivity contribution in [2.45, 2.75) is 19.6 Å². The largest absolute Gasteiger partial charge is 0.207 e. The van der Waals surface area contributed by atoms with Gasteiger partial charge in [-0.3, -0.25) is 0 Å². The lowest BCUT2D eigenvalue weighted by molar-refractivity contribution is 0.628. The van der Waals surface area contributed by atoms with E-state index in [1.807, 2.05) is 36.4 Å². The zero-order valence-electron chi connectivity index (χ0n) is 12.7. The molecule has 0 spiro atoms. The monoisotopic (exact) mass is 294 g/mol. The molecule has 2 rings (SSSR count). The molecule has 106 valence electrons. The summed E-state index contributed by atoms with van der Waals surface area (Å²) in [6, 6.07) is 14.6. The van der Waals surface area contributed by atoms with E-state index in [-0.39, 0.29) is 5.82 Å². The van der Waals surface area contributed by atoms with Crippen molar-refractivity contribution in [3.8, 4) is 11.5 Å². The number of halogens is 1. The third-order valence-electron chi connectivity index (χ3n) is 2.86. The van der Waals surface area contributed by atoms with Crippen molar-refractivity contribution >= 4 is 20.2 Å². The topological polar surface area (TPSA) is 0 Å². The van der Waals surface area contributed by atoms with Crippen molar-refractivity contribution in [1.29, 1.82) is 0 Å². The quantitative estimate of drug-likeness (QED) is 0.404. The minimum Gasteiger partial charge on any atom is -0.207 e. The molecule has 0 amide bonds. The van der Waals surface area contributed by atoms with E-state index in [0.717, 1.165) is 16.7 Å². The maximum atomic E-state index is 12.9. The van der Waals surface area contributed by atoms with Crippen LogP contribution in [0, 0.1) is 17.3 Å². The lowest BCUT2D eigenvalue weighted by Gasteiger charge is -2.04. The molecule has 0 fully saturated rings. The van der Waals surface area contributed by atoms with Gasteiger partial charge in [0, 0.05) is 5.56 Å². The molecule has 2 heteroatoms. The third-order valence-corrected chi connectivity index (χ3v) is 3.73. The van der Waals surface area contributed by atoms with Gasteiger partial charge < -0.3 is 0 Å². The second kappa shape index (κ2) is 6.56. The Morgan fingerprint density at radius 3 is 2.24 bits per heavy atom. The average molecular weight is 294 g/mol. The van der Waals surface area contributed by atoms with Gasteiger partial charge in [0.15, 0.2) is 0 Å². The van der Waals surface area contributed by atoms with E-state index >= 15 is 0 Å². The van der Waals surface area contributed by atoms with Gasteiger partial charge in [-0.05, 0) is 29.3 Å². The highest BCUT2D eigenvalue weighted by atomic mass is 28.3. The molecule has 0 radical (unpaired) electrons. The number of benzene rings is 2. The van der Waals surface area contributed by atoms with E-state index in [1.54, 1.807) is 12.1 Å². The minimum absolute atomic E-state index is 0.214. The molecule has 0 heterocycles. The SMILES string of the molecule is C[Si](C)(C)C#Cc1ccccc1C=Cc1ccc(F)cc1. The first-order valence-corrected chi connectivity index (χ1v) is 10.5. The van der Waals surface area contributed by atoms with Crippen LogP contribution in [0.15, 0.2) is 48.5 Å². The average Bonchev–Trinajstić information content (AvgIpc) is 2.44. The van der Waals surface area contributed by atoms with Gasteiger partial charge in [-0.1, -0.05) is 68.0 Å². The summed E-state index contributed by atoms with van der Waals surface area (Å²) in [4.78, 5) is 0. The highest BCUT2D eigenvalue weighted by Crippen LogP contribution is 2.13. The van der Waals surface area contributed by atoms with Crippen LogP contribution in [0.2, 0.25) is 19.6 Å². The van der Waals surface area contributed by atoms with Gasteiger partial charge in [0.05, 0.1) is 0 Å². The summed E-state index contributed by atoms with van der Waals surface area (Å²) in [7, 11) is -1.38. The molecule has 0 aromatic heterocycles. The predicted octanol–water partition coefficient (Wildman–Crippen LogP) is 5.23. The molecule has 0 nitrogen and oxygen atoms in total. The predicted molar refractivity (Wildman–Crippen MR) is 92.0 cm³/mol. The van der Waals surface area contributed by atoms with Crippen molar-refractivity contribution in [2.75, 3.05) is 0 Å². The zero-order valence-corrected chi connectivity index (χ0v) is 13.7. The molecule has 21 heavy (non-hydrogen) atoms. The summed E-state index contributed by atoms with van der Waals surface area (Å²) >= 11 is 0. The summed E-state index contributed by atoms with van der Waals surface area (Å²) in [5.74, 6) is 3.08. The Morgan fingerprint density at radius 1 is 0.905 bits per heavy atom. The Balaban J connectivity index is 2.28. The van der Waals surface area contributed by atoms with E-state index in [0.29, 0.717) is 0 Å². The lowest BCUT2D eigenvalue weighted by atomic mass is 10.1. The van der Waals surface area contributed by atoms with Gasteiger partial charge in [-0.25, -0.2) is 4.39 Å². The first-order chi connectivity index (χ1) is 9.94. The van der Waals surface area contributed by atoms with Crippen LogP contribution in [-0.2, 0) is 0 Å². The second-order valence-electron chi connectivity index (χ2n) is 5.97. The fourth-order valence-electron chi connectivity index (χ4n) is 1.77. The van der Waals surface area contributed by atoms with Crippen molar-refractivity contribution in [3.05, 3.63) is 71.0 Å². The van der Waals surface area contributed by atoms with Gasteiger partial charge in [0.25, 0.3) is 0 Å². The lowest BCUT2D eigenvalue weighted by Crippen LogP contribution is -2.16. The standard InChI is InChI=1S/C19H19FSi/c1-21(2,3)15-14-18-7-5-4-6-17(18)11-8-16-9-12-19(20)13-10-16/h4-13H,1-3H3. The first kappa shape index (κ1) is 15.3. The molecule has 0 aliphatic rings. The molecule has 0 atom stereocenters. The van der Waals surface area contributed by atoms with Crippen molar-refractivity contribution in [2.24, 2.45) is 0 Å². The Morgan fingerprint density at radius 2 is 1.57 bits per heavy atom. The maximum Gasteiger partial charge on any atom is 0.129 e. The molecule has 0 N–H and O–H groups in total. The number of rotatable bonds is 2. The van der Waals surface area contributed by atoms with Crippen LogP contribution in [-0.4, -0.2) is 8.07 Å². The van der Waals surface area contributed by atoms with Crippen LogP contribution in [0.1, 0.15) is 16.7 Å². The molecule has 0 aliphatic heterocycles. The summed E-state index contributed by atoms with van der Waals surface area (Å²) in [6.45, 7) is 6.70. The van der Waals surface area contributed by atoms with Crippen LogP contribution in [0.4, 0.5) is 4.39 Å². The molecular weight excluding hydrogens is 275 g/mol. The van der Waals surface area contributed by atoms with E-state index in [1.165, 1.54) is 12.1 Å². The molecule has 0 saturated carbocycles. The van der Waals surface area contributed by atoms with Crippen LogP contribution >= 0.6 is 0 Å². The Hall–Kier alpha value is -2.11. The Kier molecular flexibility index (Phi) is 4.77. The van der Waals surface area contributed by atoms with Crippen LogP contribution in [0.5, 0.6) is 0 Å². The van der Waals surface area contributed by atoms with Gasteiger partial charge >= 0.3 is 0 Å². The zero-order chi connectivity index (χ0) is 15.3. The van der Waals surface area contributed by atoms with Gasteiger partial charge in [-0.2, -0.15) is 0 Å². The first-order valence-electron chi connectivity index (χ1n) is 7.00. The Bertz CT molecular complexity index is 695. The number of hydrogen-bond donors (Lipinski definition) is 0.